The van der Waals surface area contributed by atoms with Gasteiger partial charge in [-0.1, -0.05) is 55.4 Å². The topological polar surface area (TPSA) is 151 Å². The summed E-state index contributed by atoms with van der Waals surface area (Å²) < 4.78 is 0. The number of primary amides is 1. The summed E-state index contributed by atoms with van der Waals surface area (Å²) in [6.45, 7) is 16.5. The molecule has 0 bridgehead atoms. The van der Waals surface area contributed by atoms with Crippen LogP contribution in [0.3, 0.4) is 0 Å². The zero-order chi connectivity index (χ0) is 28.1. The summed E-state index contributed by atoms with van der Waals surface area (Å²) in [5.74, 6) is -1.56. The number of nitrogens with two attached hydrogens (primary N) is 1. The molecule has 2 saturated heterocycles. The highest BCUT2D eigenvalue weighted by Gasteiger charge is 2.68. The average Bonchev–Trinajstić information content (AvgIpc) is 3.06. The lowest BCUT2D eigenvalue weighted by Gasteiger charge is -2.39. The van der Waals surface area contributed by atoms with Gasteiger partial charge in [-0.25, -0.2) is 0 Å². The second-order valence-electron chi connectivity index (χ2n) is 13.8. The van der Waals surface area contributed by atoms with Gasteiger partial charge in [0.15, 0.2) is 0 Å². The van der Waals surface area contributed by atoms with Gasteiger partial charge in [0.05, 0.1) is 0 Å². The first-order valence-corrected chi connectivity index (χ1v) is 13.3. The van der Waals surface area contributed by atoms with Gasteiger partial charge in [0.1, 0.15) is 12.1 Å². The Kier molecular flexibility index (Phi) is 7.74. The van der Waals surface area contributed by atoms with Gasteiger partial charge in [-0.2, -0.15) is 0 Å². The quantitative estimate of drug-likeness (QED) is 0.376. The van der Waals surface area contributed by atoms with Crippen molar-refractivity contribution in [2.45, 2.75) is 92.8 Å². The predicted molar refractivity (Wildman–Crippen MR) is 139 cm³/mol. The normalized spacial score (nSPS) is 28.1. The van der Waals surface area contributed by atoms with Gasteiger partial charge < -0.3 is 26.6 Å². The summed E-state index contributed by atoms with van der Waals surface area (Å²) in [6.07, 6.45) is 0.777. The number of carbonyl (C=O) groups is 5. The van der Waals surface area contributed by atoms with E-state index in [4.69, 9.17) is 5.73 Å². The third-order valence-electron chi connectivity index (χ3n) is 8.46. The van der Waals surface area contributed by atoms with E-state index in [1.165, 1.54) is 0 Å². The summed E-state index contributed by atoms with van der Waals surface area (Å²) in [4.78, 5) is 65.6. The van der Waals surface area contributed by atoms with Gasteiger partial charge in [0.2, 0.25) is 29.5 Å². The maximum atomic E-state index is 13.9. The van der Waals surface area contributed by atoms with E-state index in [9.17, 15) is 24.0 Å². The summed E-state index contributed by atoms with van der Waals surface area (Å²) >= 11 is 0. The number of nitrogens with one attached hydrogen (secondary N) is 3. The molecule has 6 atom stereocenters. The Morgan fingerprint density at radius 3 is 2.22 bits per heavy atom. The summed E-state index contributed by atoms with van der Waals surface area (Å²) in [5, 5.41) is 8.42. The maximum Gasteiger partial charge on any atom is 0.245 e. The van der Waals surface area contributed by atoms with E-state index >= 15 is 0 Å². The monoisotopic (exact) mass is 519 g/mol. The van der Waals surface area contributed by atoms with E-state index in [0.717, 1.165) is 0 Å². The van der Waals surface area contributed by atoms with Crippen molar-refractivity contribution >= 4 is 29.5 Å². The zero-order valence-electron chi connectivity index (χ0n) is 23.6. The highest BCUT2D eigenvalue weighted by atomic mass is 16.2. The van der Waals surface area contributed by atoms with Crippen LogP contribution in [0.4, 0.5) is 0 Å². The van der Waals surface area contributed by atoms with Crippen molar-refractivity contribution in [1.29, 1.82) is 0 Å². The minimum absolute atomic E-state index is 0.00135. The van der Waals surface area contributed by atoms with Crippen molar-refractivity contribution in [2.75, 3.05) is 13.1 Å². The van der Waals surface area contributed by atoms with Crippen molar-refractivity contribution < 1.29 is 24.0 Å². The minimum atomic E-state index is -0.955. The van der Waals surface area contributed by atoms with Crippen LogP contribution >= 0.6 is 0 Å². The molecule has 10 heteroatoms. The molecule has 5 N–H and O–H groups in total. The number of nitrogens with zero attached hydrogens (tertiary/aromatic N) is 1. The van der Waals surface area contributed by atoms with Crippen molar-refractivity contribution in [3.05, 3.63) is 0 Å². The second kappa shape index (κ2) is 9.91. The molecule has 0 spiro atoms. The Bertz CT molecular complexity index is 963. The molecule has 2 heterocycles. The minimum Gasteiger partial charge on any atom is -0.368 e. The average molecular weight is 520 g/mol. The molecule has 0 aromatic carbocycles. The number of amides is 5. The first-order valence-electron chi connectivity index (χ1n) is 13.3. The van der Waals surface area contributed by atoms with E-state index in [0.29, 0.717) is 19.5 Å². The van der Waals surface area contributed by atoms with Crippen LogP contribution in [-0.2, 0) is 24.0 Å². The summed E-state index contributed by atoms with van der Waals surface area (Å²) in [6, 6.07) is -2.06. The first kappa shape index (κ1) is 28.9. The molecule has 2 aliphatic heterocycles. The summed E-state index contributed by atoms with van der Waals surface area (Å²) in [7, 11) is 0. The van der Waals surface area contributed by atoms with Crippen LogP contribution in [0.2, 0.25) is 0 Å². The SMILES string of the molecule is CC(C)(C)C(=O)N[C@H](C(=O)N1CC2C(C1CC(=O)N[C@@H](C[C@@H]1CCNC1=O)C(N)=O)C2(C)C)C(C)(C)C. The van der Waals surface area contributed by atoms with Crippen LogP contribution in [-0.4, -0.2) is 65.7 Å². The molecule has 3 unspecified atom stereocenters. The second-order valence-corrected chi connectivity index (χ2v) is 13.8. The molecule has 0 aromatic heterocycles. The van der Waals surface area contributed by atoms with E-state index < -0.39 is 28.8 Å². The first-order chi connectivity index (χ1) is 16.9. The fourth-order valence-electron chi connectivity index (χ4n) is 5.94. The van der Waals surface area contributed by atoms with Gasteiger partial charge >= 0.3 is 0 Å². The Hall–Kier alpha value is -2.65. The molecule has 0 aromatic rings. The van der Waals surface area contributed by atoms with Crippen LogP contribution in [0.1, 0.15) is 74.7 Å². The molecule has 1 saturated carbocycles. The number of fused-ring (bicyclic) bond motifs is 1. The molecule has 3 fully saturated rings. The Morgan fingerprint density at radius 2 is 1.73 bits per heavy atom. The summed E-state index contributed by atoms with van der Waals surface area (Å²) in [5.41, 5.74) is 4.36. The third-order valence-corrected chi connectivity index (χ3v) is 8.46. The Labute approximate surface area is 220 Å². The number of hydrogen-bond donors (Lipinski definition) is 4. The molecule has 5 amide bonds. The number of rotatable bonds is 8. The lowest BCUT2D eigenvalue weighted by molar-refractivity contribution is -0.144. The largest absolute Gasteiger partial charge is 0.368 e. The highest BCUT2D eigenvalue weighted by Crippen LogP contribution is 2.65. The zero-order valence-corrected chi connectivity index (χ0v) is 23.6. The molecule has 3 rings (SSSR count). The molecule has 10 nitrogen and oxygen atoms in total. The number of hydrogen-bond acceptors (Lipinski definition) is 5. The van der Waals surface area contributed by atoms with Gasteiger partial charge in [-0.3, -0.25) is 24.0 Å². The third kappa shape index (κ3) is 6.09. The molecule has 1 aliphatic carbocycles. The molecule has 208 valence electrons. The van der Waals surface area contributed by atoms with Crippen molar-refractivity contribution in [3.8, 4) is 0 Å². The van der Waals surface area contributed by atoms with Gasteiger partial charge in [-0.15, -0.1) is 0 Å². The fraction of sp³-hybridized carbons (Fsp3) is 0.815. The number of likely N-dealkylation sites (tertiary alicyclic amines) is 1. The van der Waals surface area contributed by atoms with E-state index in [-0.39, 0.29) is 65.7 Å². The van der Waals surface area contributed by atoms with Crippen LogP contribution in [0.5, 0.6) is 0 Å². The molecule has 0 radical (unpaired) electrons. The van der Waals surface area contributed by atoms with Crippen molar-refractivity contribution in [3.63, 3.8) is 0 Å². The molecular weight excluding hydrogens is 474 g/mol. The number of piperidine rings is 1. The maximum absolute atomic E-state index is 13.9. The molecular formula is C27H45N5O5. The smallest absolute Gasteiger partial charge is 0.245 e. The van der Waals surface area contributed by atoms with Gasteiger partial charge in [0, 0.05) is 36.9 Å². The Balaban J connectivity index is 1.76. The lowest BCUT2D eigenvalue weighted by atomic mass is 9.83. The van der Waals surface area contributed by atoms with Crippen molar-refractivity contribution in [2.24, 2.45) is 39.7 Å². The predicted octanol–water partition coefficient (Wildman–Crippen LogP) is 0.933. The van der Waals surface area contributed by atoms with Gasteiger partial charge in [-0.05, 0) is 35.5 Å². The van der Waals surface area contributed by atoms with E-state index in [2.05, 4.69) is 29.8 Å². The fourth-order valence-corrected chi connectivity index (χ4v) is 5.94. The van der Waals surface area contributed by atoms with Crippen LogP contribution in [0.15, 0.2) is 0 Å². The highest BCUT2D eigenvalue weighted by molar-refractivity contribution is 5.92. The van der Waals surface area contributed by atoms with Crippen LogP contribution in [0, 0.1) is 34.0 Å². The lowest BCUT2D eigenvalue weighted by Crippen LogP contribution is -2.58. The van der Waals surface area contributed by atoms with E-state index in [1.54, 1.807) is 25.7 Å². The van der Waals surface area contributed by atoms with E-state index in [1.807, 2.05) is 20.8 Å². The van der Waals surface area contributed by atoms with Crippen LogP contribution < -0.4 is 21.7 Å². The van der Waals surface area contributed by atoms with Crippen molar-refractivity contribution in [1.82, 2.24) is 20.9 Å². The molecule has 3 aliphatic rings. The Morgan fingerprint density at radius 1 is 1.11 bits per heavy atom. The van der Waals surface area contributed by atoms with Crippen LogP contribution in [0.25, 0.3) is 0 Å². The number of carbonyl (C=O) groups excluding carboxylic acids is 5. The van der Waals surface area contributed by atoms with Gasteiger partial charge in [0.25, 0.3) is 0 Å². The standard InChI is InChI=1S/C27H45N5O5/c1-25(2,3)20(31-24(37)26(4,5)6)23(36)32-13-15-19(27(15,7)8)17(32)12-18(33)30-16(21(28)34)11-14-9-10-29-22(14)35/h14-17,19-20H,9-13H2,1-8H3,(H2,28,34)(H,29,35)(H,30,33)(H,31,37)/t14-,15?,16-,17?,19?,20+/m0/s1. The molecule has 37 heavy (non-hydrogen) atoms.